The Morgan fingerprint density at radius 3 is 2.50 bits per heavy atom. The lowest BCUT2D eigenvalue weighted by Crippen LogP contribution is -2.05. The third kappa shape index (κ3) is 3.93. The summed E-state index contributed by atoms with van der Waals surface area (Å²) in [6, 6.07) is 14.4. The lowest BCUT2D eigenvalue weighted by atomic mass is 10.3. The standard InChI is InChI=1S/C14H13ClFNS/c15-11-5-7-12(8-6-11)18-10-9-17-14-4-2-1-3-13(14)16/h1-8,17H,9-10H2. The highest BCUT2D eigenvalue weighted by atomic mass is 35.5. The van der Waals surface area contributed by atoms with Crippen molar-refractivity contribution in [2.75, 3.05) is 17.6 Å². The maximum absolute atomic E-state index is 13.3. The van der Waals surface area contributed by atoms with Crippen LogP contribution in [0, 0.1) is 5.82 Å². The average molecular weight is 282 g/mol. The minimum absolute atomic E-state index is 0.214. The Kier molecular flexibility index (Phi) is 4.90. The Morgan fingerprint density at radius 1 is 1.06 bits per heavy atom. The van der Waals surface area contributed by atoms with Gasteiger partial charge in [-0.25, -0.2) is 4.39 Å². The largest absolute Gasteiger partial charge is 0.382 e. The monoisotopic (exact) mass is 281 g/mol. The molecule has 18 heavy (non-hydrogen) atoms. The van der Waals surface area contributed by atoms with E-state index in [2.05, 4.69) is 5.32 Å². The zero-order chi connectivity index (χ0) is 12.8. The van der Waals surface area contributed by atoms with E-state index in [9.17, 15) is 4.39 Å². The fourth-order valence-corrected chi connectivity index (χ4v) is 2.38. The lowest BCUT2D eigenvalue weighted by Gasteiger charge is -2.07. The maximum Gasteiger partial charge on any atom is 0.146 e. The lowest BCUT2D eigenvalue weighted by molar-refractivity contribution is 0.630. The highest BCUT2D eigenvalue weighted by Gasteiger charge is 1.99. The van der Waals surface area contributed by atoms with E-state index in [-0.39, 0.29) is 5.82 Å². The van der Waals surface area contributed by atoms with E-state index in [1.165, 1.54) is 6.07 Å². The zero-order valence-electron chi connectivity index (χ0n) is 9.70. The first-order valence-corrected chi connectivity index (χ1v) is 6.99. The van der Waals surface area contributed by atoms with Crippen LogP contribution < -0.4 is 5.32 Å². The number of halogens is 2. The van der Waals surface area contributed by atoms with Gasteiger partial charge in [0.05, 0.1) is 5.69 Å². The van der Waals surface area contributed by atoms with Gasteiger partial charge in [-0.2, -0.15) is 0 Å². The summed E-state index contributed by atoms with van der Waals surface area (Å²) in [5.41, 5.74) is 0.550. The number of hydrogen-bond donors (Lipinski definition) is 1. The Morgan fingerprint density at radius 2 is 1.78 bits per heavy atom. The number of benzene rings is 2. The molecule has 4 heteroatoms. The van der Waals surface area contributed by atoms with Crippen LogP contribution in [0.1, 0.15) is 0 Å². The second kappa shape index (κ2) is 6.66. The number of hydrogen-bond acceptors (Lipinski definition) is 2. The Balaban J connectivity index is 1.76. The van der Waals surface area contributed by atoms with Crippen LogP contribution in [-0.4, -0.2) is 12.3 Å². The van der Waals surface area contributed by atoms with Gasteiger partial charge in [0.1, 0.15) is 5.82 Å². The number of nitrogens with one attached hydrogen (secondary N) is 1. The molecule has 1 nitrogen and oxygen atoms in total. The molecule has 0 aliphatic heterocycles. The molecule has 0 aliphatic carbocycles. The number of para-hydroxylation sites is 1. The minimum Gasteiger partial charge on any atom is -0.382 e. The van der Waals surface area contributed by atoms with Crippen molar-refractivity contribution in [1.29, 1.82) is 0 Å². The van der Waals surface area contributed by atoms with Gasteiger partial charge in [0.2, 0.25) is 0 Å². The van der Waals surface area contributed by atoms with Crippen molar-refractivity contribution in [3.8, 4) is 0 Å². The van der Waals surface area contributed by atoms with Gasteiger partial charge < -0.3 is 5.32 Å². The zero-order valence-corrected chi connectivity index (χ0v) is 11.3. The molecule has 0 unspecified atom stereocenters. The predicted molar refractivity (Wildman–Crippen MR) is 77.1 cm³/mol. The first-order valence-electron chi connectivity index (χ1n) is 5.62. The molecule has 0 spiro atoms. The van der Waals surface area contributed by atoms with Crippen molar-refractivity contribution in [1.82, 2.24) is 0 Å². The van der Waals surface area contributed by atoms with Crippen molar-refractivity contribution >= 4 is 29.1 Å². The molecular weight excluding hydrogens is 269 g/mol. The molecule has 0 bridgehead atoms. The van der Waals surface area contributed by atoms with Crippen LogP contribution in [0.4, 0.5) is 10.1 Å². The third-order valence-corrected chi connectivity index (χ3v) is 3.64. The number of thioether (sulfide) groups is 1. The second-order valence-electron chi connectivity index (χ2n) is 3.71. The van der Waals surface area contributed by atoms with E-state index in [1.54, 1.807) is 23.9 Å². The van der Waals surface area contributed by atoms with Crippen LogP contribution >= 0.6 is 23.4 Å². The van der Waals surface area contributed by atoms with Gasteiger partial charge >= 0.3 is 0 Å². The van der Waals surface area contributed by atoms with Crippen molar-refractivity contribution in [3.05, 3.63) is 59.4 Å². The van der Waals surface area contributed by atoms with Crippen LogP contribution in [0.5, 0.6) is 0 Å². The molecule has 0 fully saturated rings. The first kappa shape index (κ1) is 13.2. The molecule has 2 rings (SSSR count). The molecule has 0 radical (unpaired) electrons. The summed E-state index contributed by atoms with van der Waals surface area (Å²) >= 11 is 7.52. The molecule has 0 saturated heterocycles. The molecule has 94 valence electrons. The smallest absolute Gasteiger partial charge is 0.146 e. The van der Waals surface area contributed by atoms with E-state index in [0.29, 0.717) is 12.2 Å². The predicted octanol–water partition coefficient (Wildman–Crippen LogP) is 4.68. The van der Waals surface area contributed by atoms with Gasteiger partial charge in [-0.05, 0) is 36.4 Å². The van der Waals surface area contributed by atoms with E-state index in [1.807, 2.05) is 30.3 Å². The van der Waals surface area contributed by atoms with E-state index >= 15 is 0 Å². The summed E-state index contributed by atoms with van der Waals surface area (Å²) in [6.07, 6.45) is 0. The molecule has 0 saturated carbocycles. The van der Waals surface area contributed by atoms with Gasteiger partial charge in [0.15, 0.2) is 0 Å². The van der Waals surface area contributed by atoms with Crippen molar-refractivity contribution in [3.63, 3.8) is 0 Å². The SMILES string of the molecule is Fc1ccccc1NCCSc1ccc(Cl)cc1. The molecule has 0 aliphatic rings. The Bertz CT molecular complexity index is 501. The third-order valence-electron chi connectivity index (χ3n) is 2.37. The topological polar surface area (TPSA) is 12.0 Å². The number of rotatable bonds is 5. The van der Waals surface area contributed by atoms with Gasteiger partial charge in [-0.15, -0.1) is 11.8 Å². The summed E-state index contributed by atoms with van der Waals surface area (Å²) in [5.74, 6) is 0.657. The normalized spacial score (nSPS) is 10.3. The summed E-state index contributed by atoms with van der Waals surface area (Å²) in [5, 5.41) is 3.81. The van der Waals surface area contributed by atoms with E-state index < -0.39 is 0 Å². The van der Waals surface area contributed by atoms with Gasteiger partial charge in [0.25, 0.3) is 0 Å². The molecule has 2 aromatic rings. The van der Waals surface area contributed by atoms with Gasteiger partial charge in [0, 0.05) is 22.2 Å². The van der Waals surface area contributed by atoms with E-state index in [4.69, 9.17) is 11.6 Å². The second-order valence-corrected chi connectivity index (χ2v) is 5.31. The van der Waals surface area contributed by atoms with Crippen LogP contribution in [0.3, 0.4) is 0 Å². The highest BCUT2D eigenvalue weighted by Crippen LogP contribution is 2.20. The summed E-state index contributed by atoms with van der Waals surface area (Å²) in [4.78, 5) is 1.16. The van der Waals surface area contributed by atoms with Crippen LogP contribution in [0.2, 0.25) is 5.02 Å². The van der Waals surface area contributed by atoms with Crippen LogP contribution in [0.25, 0.3) is 0 Å². The van der Waals surface area contributed by atoms with Crippen molar-refractivity contribution in [2.24, 2.45) is 0 Å². The molecule has 0 amide bonds. The quantitative estimate of drug-likeness (QED) is 0.631. The van der Waals surface area contributed by atoms with Gasteiger partial charge in [-0.3, -0.25) is 0 Å². The molecule has 2 aromatic carbocycles. The van der Waals surface area contributed by atoms with Crippen LogP contribution in [0.15, 0.2) is 53.4 Å². The highest BCUT2D eigenvalue weighted by molar-refractivity contribution is 7.99. The Hall–Kier alpha value is -1.19. The molecule has 0 atom stereocenters. The van der Waals surface area contributed by atoms with E-state index in [0.717, 1.165) is 15.7 Å². The summed E-state index contributed by atoms with van der Waals surface area (Å²) in [6.45, 7) is 0.716. The number of anilines is 1. The fraction of sp³-hybridized carbons (Fsp3) is 0.143. The maximum atomic E-state index is 13.3. The minimum atomic E-state index is -0.214. The fourth-order valence-electron chi connectivity index (χ4n) is 1.49. The average Bonchev–Trinajstić information content (AvgIpc) is 2.39. The molecule has 0 heterocycles. The summed E-state index contributed by atoms with van der Waals surface area (Å²) in [7, 11) is 0. The van der Waals surface area contributed by atoms with Crippen LogP contribution in [-0.2, 0) is 0 Å². The van der Waals surface area contributed by atoms with Crippen molar-refractivity contribution in [2.45, 2.75) is 4.90 Å². The Labute approximate surface area is 115 Å². The van der Waals surface area contributed by atoms with Gasteiger partial charge in [-0.1, -0.05) is 23.7 Å². The van der Waals surface area contributed by atoms with Crippen molar-refractivity contribution < 1.29 is 4.39 Å². The summed E-state index contributed by atoms with van der Waals surface area (Å²) < 4.78 is 13.3. The molecule has 1 N–H and O–H groups in total. The molecule has 0 aromatic heterocycles. The molecular formula is C14H13ClFNS. The first-order chi connectivity index (χ1) is 8.75.